The van der Waals surface area contributed by atoms with Crippen LogP contribution in [-0.2, 0) is 9.59 Å². The lowest BCUT2D eigenvalue weighted by atomic mass is 10.0. The van der Waals surface area contributed by atoms with Crippen molar-refractivity contribution in [1.82, 2.24) is 14.7 Å². The summed E-state index contributed by atoms with van der Waals surface area (Å²) < 4.78 is 1.41. The Morgan fingerprint density at radius 3 is 2.70 bits per heavy atom. The minimum absolute atomic E-state index is 0.0608. The van der Waals surface area contributed by atoms with Crippen LogP contribution in [0.1, 0.15) is 36.3 Å². The average molecular weight is 409 g/mol. The number of carbonyl (C=O) groups excluding carboxylic acids is 3. The summed E-state index contributed by atoms with van der Waals surface area (Å²) in [7, 11) is 1.62. The molecule has 0 unspecified atom stereocenters. The second kappa shape index (κ2) is 8.00. The molecule has 0 saturated carbocycles. The van der Waals surface area contributed by atoms with Crippen molar-refractivity contribution < 1.29 is 19.5 Å². The molecule has 9 heteroatoms. The minimum Gasteiger partial charge on any atom is -0.369 e. The van der Waals surface area contributed by atoms with Crippen LogP contribution in [0, 0.1) is 17.8 Å². The standard InChI is InChI=1S/C21H23N5O4/c1-13(2)19(28)23-16-12-26(24-17(16)18(22)27)15-6-4-5-14(11-15)7-8-21(30)9-10-25(3)20(21)29/h4-6,11-13,30H,9-10H2,1-3H3,(H2,22,27)(H,23,28)/t21-/m0/s1. The quantitative estimate of drug-likeness (QED) is 0.634. The van der Waals surface area contributed by atoms with E-state index in [1.807, 2.05) is 0 Å². The summed E-state index contributed by atoms with van der Waals surface area (Å²) in [5, 5.41) is 17.3. The van der Waals surface area contributed by atoms with Crippen molar-refractivity contribution >= 4 is 23.4 Å². The van der Waals surface area contributed by atoms with Crippen molar-refractivity contribution in [3.05, 3.63) is 41.7 Å². The Balaban J connectivity index is 1.92. The number of carbonyl (C=O) groups is 3. The number of amides is 3. The summed E-state index contributed by atoms with van der Waals surface area (Å²) in [6, 6.07) is 6.87. The van der Waals surface area contributed by atoms with Gasteiger partial charge in [0.2, 0.25) is 11.5 Å². The van der Waals surface area contributed by atoms with Crippen molar-refractivity contribution in [3.63, 3.8) is 0 Å². The number of nitrogens with zero attached hydrogens (tertiary/aromatic N) is 3. The number of benzene rings is 1. The first-order valence-corrected chi connectivity index (χ1v) is 9.42. The topological polar surface area (TPSA) is 131 Å². The van der Waals surface area contributed by atoms with Crippen molar-refractivity contribution in [1.29, 1.82) is 0 Å². The van der Waals surface area contributed by atoms with Crippen molar-refractivity contribution in [2.45, 2.75) is 25.9 Å². The molecule has 30 heavy (non-hydrogen) atoms. The molecule has 9 nitrogen and oxygen atoms in total. The van der Waals surface area contributed by atoms with Gasteiger partial charge in [-0.15, -0.1) is 0 Å². The maximum atomic E-state index is 12.1. The van der Waals surface area contributed by atoms with E-state index in [0.29, 0.717) is 17.8 Å². The number of primary amides is 1. The van der Waals surface area contributed by atoms with Crippen LogP contribution in [0.2, 0.25) is 0 Å². The van der Waals surface area contributed by atoms with E-state index in [0.717, 1.165) is 0 Å². The molecule has 0 radical (unpaired) electrons. The molecule has 2 aromatic rings. The van der Waals surface area contributed by atoms with E-state index in [2.05, 4.69) is 22.3 Å². The molecule has 1 saturated heterocycles. The SMILES string of the molecule is CC(C)C(=O)Nc1cn(-c2cccc(C#C[C@]3(O)CCN(C)C3=O)c2)nc1C(N)=O. The Hall–Kier alpha value is -3.64. The van der Waals surface area contributed by atoms with Crippen LogP contribution in [0.4, 0.5) is 5.69 Å². The highest BCUT2D eigenvalue weighted by atomic mass is 16.3. The fourth-order valence-electron chi connectivity index (χ4n) is 2.93. The first-order valence-electron chi connectivity index (χ1n) is 9.42. The molecular formula is C21H23N5O4. The van der Waals surface area contributed by atoms with E-state index in [-0.39, 0.29) is 29.6 Å². The summed E-state index contributed by atoms with van der Waals surface area (Å²) in [6.45, 7) is 3.90. The van der Waals surface area contributed by atoms with Gasteiger partial charge in [0.15, 0.2) is 5.69 Å². The fourth-order valence-corrected chi connectivity index (χ4v) is 2.93. The van der Waals surface area contributed by atoms with Crippen molar-refractivity contribution in [2.75, 3.05) is 18.9 Å². The molecule has 0 aliphatic carbocycles. The van der Waals surface area contributed by atoms with Gasteiger partial charge in [0.25, 0.3) is 11.8 Å². The summed E-state index contributed by atoms with van der Waals surface area (Å²) in [4.78, 5) is 37.2. The third-order valence-electron chi connectivity index (χ3n) is 4.76. The predicted molar refractivity (Wildman–Crippen MR) is 110 cm³/mol. The monoisotopic (exact) mass is 409 g/mol. The number of hydrogen-bond donors (Lipinski definition) is 3. The average Bonchev–Trinajstić information content (AvgIpc) is 3.24. The molecule has 1 aliphatic rings. The number of rotatable bonds is 4. The molecule has 2 heterocycles. The zero-order valence-corrected chi connectivity index (χ0v) is 17.0. The van der Waals surface area contributed by atoms with Gasteiger partial charge in [0.1, 0.15) is 0 Å². The van der Waals surface area contributed by atoms with E-state index in [9.17, 15) is 19.5 Å². The first kappa shape index (κ1) is 21.1. The van der Waals surface area contributed by atoms with Crippen LogP contribution in [0.5, 0.6) is 0 Å². The molecule has 1 fully saturated rings. The van der Waals surface area contributed by atoms with Crippen LogP contribution in [0.15, 0.2) is 30.5 Å². The van der Waals surface area contributed by atoms with Gasteiger partial charge in [-0.3, -0.25) is 14.4 Å². The molecule has 1 aromatic heterocycles. The van der Waals surface area contributed by atoms with Gasteiger partial charge < -0.3 is 21.1 Å². The van der Waals surface area contributed by atoms with Crippen molar-refractivity contribution in [3.8, 4) is 17.5 Å². The van der Waals surface area contributed by atoms with Crippen molar-refractivity contribution in [2.24, 2.45) is 11.7 Å². The zero-order valence-electron chi connectivity index (χ0n) is 17.0. The molecule has 3 rings (SSSR count). The smallest absolute Gasteiger partial charge is 0.271 e. The fraction of sp³-hybridized carbons (Fsp3) is 0.333. The highest BCUT2D eigenvalue weighted by Gasteiger charge is 2.42. The third kappa shape index (κ3) is 4.18. The van der Waals surface area contributed by atoms with E-state index < -0.39 is 17.4 Å². The number of nitrogens with two attached hydrogens (primary N) is 1. The number of likely N-dealkylation sites (tertiary alicyclic amines) is 1. The molecule has 156 valence electrons. The second-order valence-corrected chi connectivity index (χ2v) is 7.48. The summed E-state index contributed by atoms with van der Waals surface area (Å²) >= 11 is 0. The second-order valence-electron chi connectivity index (χ2n) is 7.48. The molecule has 4 N–H and O–H groups in total. The van der Waals surface area contributed by atoms with E-state index in [1.165, 1.54) is 15.8 Å². The van der Waals surface area contributed by atoms with Gasteiger partial charge in [-0.05, 0) is 18.2 Å². The Morgan fingerprint density at radius 2 is 2.10 bits per heavy atom. The number of likely N-dealkylation sites (N-methyl/N-ethyl adjacent to an activating group) is 1. The van der Waals surface area contributed by atoms with Gasteiger partial charge in [-0.25, -0.2) is 4.68 Å². The number of aromatic nitrogens is 2. The van der Waals surface area contributed by atoms with Gasteiger partial charge in [0.05, 0.1) is 17.6 Å². The zero-order chi connectivity index (χ0) is 22.1. The summed E-state index contributed by atoms with van der Waals surface area (Å²) in [6.07, 6.45) is 1.74. The minimum atomic E-state index is -1.69. The number of aliphatic hydroxyl groups is 1. The number of hydrogen-bond acceptors (Lipinski definition) is 5. The van der Waals surface area contributed by atoms with Crippen LogP contribution < -0.4 is 11.1 Å². The lowest BCUT2D eigenvalue weighted by molar-refractivity contribution is -0.137. The molecular weight excluding hydrogens is 386 g/mol. The Morgan fingerprint density at radius 1 is 1.37 bits per heavy atom. The molecule has 1 atom stereocenters. The molecule has 0 bridgehead atoms. The lowest BCUT2D eigenvalue weighted by Gasteiger charge is -2.13. The highest BCUT2D eigenvalue weighted by molar-refractivity contribution is 6.02. The van der Waals surface area contributed by atoms with Gasteiger partial charge in [0, 0.05) is 31.5 Å². The third-order valence-corrected chi connectivity index (χ3v) is 4.76. The molecule has 3 amide bonds. The van der Waals surface area contributed by atoms with E-state index in [1.54, 1.807) is 45.2 Å². The maximum Gasteiger partial charge on any atom is 0.271 e. The first-order chi connectivity index (χ1) is 14.1. The van der Waals surface area contributed by atoms with Gasteiger partial charge in [-0.1, -0.05) is 31.8 Å². The van der Waals surface area contributed by atoms with E-state index >= 15 is 0 Å². The number of nitrogens with one attached hydrogen (secondary N) is 1. The lowest BCUT2D eigenvalue weighted by Crippen LogP contribution is -2.37. The molecule has 0 spiro atoms. The number of anilines is 1. The Kier molecular flexibility index (Phi) is 5.62. The summed E-state index contributed by atoms with van der Waals surface area (Å²) in [5.41, 5.74) is 4.97. The van der Waals surface area contributed by atoms with Crippen LogP contribution in [-0.4, -0.2) is 56.7 Å². The Labute approximate surface area is 173 Å². The Bertz CT molecular complexity index is 1080. The van der Waals surface area contributed by atoms with Crippen LogP contribution >= 0.6 is 0 Å². The predicted octanol–water partition coefficient (Wildman–Crippen LogP) is 0.510. The van der Waals surface area contributed by atoms with E-state index in [4.69, 9.17) is 5.73 Å². The van der Waals surface area contributed by atoms with Gasteiger partial charge in [-0.2, -0.15) is 5.10 Å². The largest absolute Gasteiger partial charge is 0.369 e. The molecule has 1 aromatic carbocycles. The summed E-state index contributed by atoms with van der Waals surface area (Å²) in [5.74, 6) is 3.75. The maximum absolute atomic E-state index is 12.1. The molecule has 1 aliphatic heterocycles. The van der Waals surface area contributed by atoms with Crippen LogP contribution in [0.25, 0.3) is 5.69 Å². The highest BCUT2D eigenvalue weighted by Crippen LogP contribution is 2.22. The van der Waals surface area contributed by atoms with Gasteiger partial charge >= 0.3 is 0 Å². The normalized spacial score (nSPS) is 18.3. The van der Waals surface area contributed by atoms with Crippen LogP contribution in [0.3, 0.4) is 0 Å².